The largest absolute Gasteiger partial charge is 0.306 e. The van der Waals surface area contributed by atoms with Crippen LogP contribution in [0.1, 0.15) is 77.6 Å². The van der Waals surface area contributed by atoms with E-state index in [1.165, 1.54) is 70.6 Å². The zero-order chi connectivity index (χ0) is 13.6. The molecule has 0 fully saturated rings. The van der Waals surface area contributed by atoms with E-state index < -0.39 is 0 Å². The molecule has 0 aromatic rings. The monoisotopic (exact) mass is 253 g/mol. The van der Waals surface area contributed by atoms with Gasteiger partial charge in [0.1, 0.15) is 0 Å². The van der Waals surface area contributed by atoms with Gasteiger partial charge in [0.25, 0.3) is 0 Å². The van der Waals surface area contributed by atoms with Crippen molar-refractivity contribution in [3.63, 3.8) is 0 Å². The first-order valence-corrected chi connectivity index (χ1v) is 7.99. The van der Waals surface area contributed by atoms with E-state index in [1.807, 2.05) is 6.08 Å². The molecule has 0 bridgehead atoms. The van der Waals surface area contributed by atoms with Crippen molar-refractivity contribution in [2.45, 2.75) is 83.6 Å². The fourth-order valence-electron chi connectivity index (χ4n) is 2.50. The second-order valence-corrected chi connectivity index (χ2v) is 5.75. The van der Waals surface area contributed by atoms with Crippen LogP contribution in [0, 0.1) is 0 Å². The van der Waals surface area contributed by atoms with Gasteiger partial charge in [0.05, 0.1) is 0 Å². The van der Waals surface area contributed by atoms with Gasteiger partial charge in [0.2, 0.25) is 0 Å². The topological polar surface area (TPSA) is 3.24 Å². The Morgan fingerprint density at radius 1 is 0.889 bits per heavy atom. The molecule has 0 aliphatic rings. The van der Waals surface area contributed by atoms with Crippen LogP contribution in [-0.4, -0.2) is 25.0 Å². The smallest absolute Gasteiger partial charge is 0.00892 e. The minimum atomic E-state index is 0.778. The number of unbranched alkanes of at least 4 members (excludes halogenated alkanes) is 7. The highest BCUT2D eigenvalue weighted by atomic mass is 15.1. The molecular formula is C17H35N. The molecule has 0 aromatic heterocycles. The van der Waals surface area contributed by atoms with Crippen LogP contribution in [0.2, 0.25) is 0 Å². The van der Waals surface area contributed by atoms with Gasteiger partial charge in [-0.1, -0.05) is 57.9 Å². The zero-order valence-corrected chi connectivity index (χ0v) is 13.1. The normalized spacial score (nSPS) is 12.9. The summed E-state index contributed by atoms with van der Waals surface area (Å²) in [5, 5.41) is 0. The quantitative estimate of drug-likeness (QED) is 0.313. The standard InChI is InChI=1S/C17H35N/c1-5-7-9-10-11-12-14-16-17(18(3)4)15-13-8-6-2/h6,17H,2,5,7-16H2,1,3-4H3. The second kappa shape index (κ2) is 13.1. The summed E-state index contributed by atoms with van der Waals surface area (Å²) in [5.41, 5.74) is 0. The highest BCUT2D eigenvalue weighted by Crippen LogP contribution is 2.15. The summed E-state index contributed by atoms with van der Waals surface area (Å²) in [5.74, 6) is 0. The van der Waals surface area contributed by atoms with E-state index in [1.54, 1.807) is 0 Å². The number of hydrogen-bond acceptors (Lipinski definition) is 1. The molecule has 1 heteroatoms. The van der Waals surface area contributed by atoms with E-state index in [0.29, 0.717) is 0 Å². The van der Waals surface area contributed by atoms with Crippen molar-refractivity contribution < 1.29 is 0 Å². The molecule has 0 saturated carbocycles. The Labute approximate surface area is 116 Å². The maximum absolute atomic E-state index is 3.80. The third kappa shape index (κ3) is 10.8. The van der Waals surface area contributed by atoms with Crippen molar-refractivity contribution in [1.29, 1.82) is 0 Å². The molecule has 0 aliphatic carbocycles. The van der Waals surface area contributed by atoms with Gasteiger partial charge in [-0.25, -0.2) is 0 Å². The highest BCUT2D eigenvalue weighted by Gasteiger charge is 2.09. The van der Waals surface area contributed by atoms with E-state index in [0.717, 1.165) is 6.04 Å². The molecule has 0 aliphatic heterocycles. The van der Waals surface area contributed by atoms with Gasteiger partial charge in [-0.2, -0.15) is 0 Å². The van der Waals surface area contributed by atoms with E-state index in [9.17, 15) is 0 Å². The summed E-state index contributed by atoms with van der Waals surface area (Å²) in [6, 6.07) is 0.778. The maximum atomic E-state index is 3.80. The van der Waals surface area contributed by atoms with Gasteiger partial charge in [-0.15, -0.1) is 6.58 Å². The summed E-state index contributed by atoms with van der Waals surface area (Å²) < 4.78 is 0. The third-order valence-corrected chi connectivity index (χ3v) is 3.82. The van der Waals surface area contributed by atoms with Crippen molar-refractivity contribution in [3.05, 3.63) is 12.7 Å². The molecule has 1 nitrogen and oxygen atoms in total. The van der Waals surface area contributed by atoms with E-state index >= 15 is 0 Å². The van der Waals surface area contributed by atoms with Crippen LogP contribution in [0.25, 0.3) is 0 Å². The van der Waals surface area contributed by atoms with E-state index in [2.05, 4.69) is 32.5 Å². The fourth-order valence-corrected chi connectivity index (χ4v) is 2.50. The van der Waals surface area contributed by atoms with E-state index in [4.69, 9.17) is 0 Å². The van der Waals surface area contributed by atoms with Crippen LogP contribution in [-0.2, 0) is 0 Å². The molecule has 0 spiro atoms. The van der Waals surface area contributed by atoms with Gasteiger partial charge < -0.3 is 4.90 Å². The first-order valence-electron chi connectivity index (χ1n) is 7.99. The fraction of sp³-hybridized carbons (Fsp3) is 0.882. The number of hydrogen-bond donors (Lipinski definition) is 0. The molecule has 0 saturated heterocycles. The lowest BCUT2D eigenvalue weighted by Gasteiger charge is -2.24. The Balaban J connectivity index is 3.48. The highest BCUT2D eigenvalue weighted by molar-refractivity contribution is 4.71. The molecule has 0 N–H and O–H groups in total. The van der Waals surface area contributed by atoms with E-state index in [-0.39, 0.29) is 0 Å². The van der Waals surface area contributed by atoms with Gasteiger partial charge in [0.15, 0.2) is 0 Å². The summed E-state index contributed by atoms with van der Waals surface area (Å²) in [6.07, 6.45) is 17.1. The Hall–Kier alpha value is -0.300. The molecule has 108 valence electrons. The maximum Gasteiger partial charge on any atom is 0.00892 e. The summed E-state index contributed by atoms with van der Waals surface area (Å²) in [4.78, 5) is 2.40. The number of rotatable bonds is 13. The average Bonchev–Trinajstić information content (AvgIpc) is 2.35. The van der Waals surface area contributed by atoms with Crippen LogP contribution >= 0.6 is 0 Å². The Kier molecular flexibility index (Phi) is 12.9. The first kappa shape index (κ1) is 17.7. The Morgan fingerprint density at radius 2 is 1.44 bits per heavy atom. The molecule has 0 rings (SSSR count). The van der Waals surface area contributed by atoms with Crippen molar-refractivity contribution in [3.8, 4) is 0 Å². The number of nitrogens with zero attached hydrogens (tertiary/aromatic N) is 1. The minimum absolute atomic E-state index is 0.778. The van der Waals surface area contributed by atoms with Crippen LogP contribution in [0.4, 0.5) is 0 Å². The summed E-state index contributed by atoms with van der Waals surface area (Å²) in [6.45, 7) is 6.08. The molecule has 1 unspecified atom stereocenters. The molecule has 0 amide bonds. The van der Waals surface area contributed by atoms with Gasteiger partial charge in [-0.3, -0.25) is 0 Å². The van der Waals surface area contributed by atoms with Crippen molar-refractivity contribution in [1.82, 2.24) is 4.90 Å². The lowest BCUT2D eigenvalue weighted by Crippen LogP contribution is -2.27. The first-order chi connectivity index (χ1) is 8.72. The Bertz CT molecular complexity index is 174. The van der Waals surface area contributed by atoms with Crippen LogP contribution in [0.15, 0.2) is 12.7 Å². The van der Waals surface area contributed by atoms with Gasteiger partial charge in [-0.05, 0) is 39.8 Å². The predicted octanol–water partition coefficient (Wildman–Crippen LogP) is 5.41. The summed E-state index contributed by atoms with van der Waals surface area (Å²) >= 11 is 0. The molecule has 1 atom stereocenters. The van der Waals surface area contributed by atoms with Crippen molar-refractivity contribution in [2.75, 3.05) is 14.1 Å². The van der Waals surface area contributed by atoms with Crippen LogP contribution in [0.5, 0.6) is 0 Å². The molecule has 0 heterocycles. The number of allylic oxidation sites excluding steroid dienone is 1. The molecule has 18 heavy (non-hydrogen) atoms. The van der Waals surface area contributed by atoms with Crippen LogP contribution < -0.4 is 0 Å². The molecule has 0 radical (unpaired) electrons. The van der Waals surface area contributed by atoms with Crippen molar-refractivity contribution >= 4 is 0 Å². The Morgan fingerprint density at radius 3 is 2.00 bits per heavy atom. The summed E-state index contributed by atoms with van der Waals surface area (Å²) in [7, 11) is 4.44. The molecule has 0 aromatic carbocycles. The average molecular weight is 253 g/mol. The zero-order valence-electron chi connectivity index (χ0n) is 13.1. The second-order valence-electron chi connectivity index (χ2n) is 5.75. The van der Waals surface area contributed by atoms with Crippen molar-refractivity contribution in [2.24, 2.45) is 0 Å². The SMILES string of the molecule is C=CCCCC(CCCCCCCCC)N(C)C. The predicted molar refractivity (Wildman–Crippen MR) is 84.1 cm³/mol. The lowest BCUT2D eigenvalue weighted by molar-refractivity contribution is 0.254. The lowest BCUT2D eigenvalue weighted by atomic mass is 10.0. The van der Waals surface area contributed by atoms with Crippen LogP contribution in [0.3, 0.4) is 0 Å². The molecular weight excluding hydrogens is 218 g/mol. The minimum Gasteiger partial charge on any atom is -0.306 e. The third-order valence-electron chi connectivity index (χ3n) is 3.82. The van der Waals surface area contributed by atoms with Gasteiger partial charge >= 0.3 is 0 Å². The van der Waals surface area contributed by atoms with Gasteiger partial charge in [0, 0.05) is 6.04 Å².